The van der Waals surface area contributed by atoms with Gasteiger partial charge in [-0.15, -0.1) is 11.6 Å². The minimum Gasteiger partial charge on any atom is -0.352 e. The van der Waals surface area contributed by atoms with E-state index in [9.17, 15) is 4.79 Å². The minimum atomic E-state index is -0.0237. The van der Waals surface area contributed by atoms with Crippen molar-refractivity contribution in [1.82, 2.24) is 5.32 Å². The van der Waals surface area contributed by atoms with Gasteiger partial charge in [0.25, 0.3) is 0 Å². The summed E-state index contributed by atoms with van der Waals surface area (Å²) < 4.78 is 0. The summed E-state index contributed by atoms with van der Waals surface area (Å²) in [7, 11) is 0. The van der Waals surface area contributed by atoms with Crippen LogP contribution in [0.3, 0.4) is 0 Å². The van der Waals surface area contributed by atoms with Crippen molar-refractivity contribution < 1.29 is 4.79 Å². The maximum absolute atomic E-state index is 10.7. The molecule has 0 aliphatic carbocycles. The van der Waals surface area contributed by atoms with Gasteiger partial charge in [-0.25, -0.2) is 0 Å². The summed E-state index contributed by atoms with van der Waals surface area (Å²) in [4.78, 5) is 10.7. The standard InChI is InChI=1S/C10H12ClNO/c1-8(13)12-7-10-5-3-2-4-9(10)6-11/h2-5H,6-7H2,1H3,(H,12,13). The van der Waals surface area contributed by atoms with Gasteiger partial charge in [0.05, 0.1) is 0 Å². The van der Waals surface area contributed by atoms with Crippen LogP contribution >= 0.6 is 11.6 Å². The molecule has 1 aromatic carbocycles. The summed E-state index contributed by atoms with van der Waals surface area (Å²) in [5.74, 6) is 0.458. The molecule has 0 unspecified atom stereocenters. The van der Waals surface area contributed by atoms with Gasteiger partial charge in [0.15, 0.2) is 0 Å². The fourth-order valence-corrected chi connectivity index (χ4v) is 1.34. The molecule has 1 N–H and O–H groups in total. The Bertz CT molecular complexity index is 299. The normalized spacial score (nSPS) is 9.69. The number of nitrogens with one attached hydrogen (secondary N) is 1. The van der Waals surface area contributed by atoms with Crippen molar-refractivity contribution in [1.29, 1.82) is 0 Å². The van der Waals surface area contributed by atoms with Crippen molar-refractivity contribution in [3.63, 3.8) is 0 Å². The molecule has 13 heavy (non-hydrogen) atoms. The average Bonchev–Trinajstić information content (AvgIpc) is 2.15. The van der Waals surface area contributed by atoms with E-state index < -0.39 is 0 Å². The van der Waals surface area contributed by atoms with Crippen molar-refractivity contribution in [2.24, 2.45) is 0 Å². The van der Waals surface area contributed by atoms with Gasteiger partial charge in [-0.05, 0) is 11.1 Å². The quantitative estimate of drug-likeness (QED) is 0.739. The van der Waals surface area contributed by atoms with Gasteiger partial charge in [0, 0.05) is 19.3 Å². The number of hydrogen-bond acceptors (Lipinski definition) is 1. The molecule has 0 spiro atoms. The predicted molar refractivity (Wildman–Crippen MR) is 53.5 cm³/mol. The third-order valence-electron chi connectivity index (χ3n) is 1.79. The van der Waals surface area contributed by atoms with Crippen molar-refractivity contribution in [3.05, 3.63) is 35.4 Å². The second kappa shape index (κ2) is 4.87. The van der Waals surface area contributed by atoms with Crippen LogP contribution in [0, 0.1) is 0 Å². The van der Waals surface area contributed by atoms with Crippen LogP contribution in [0.15, 0.2) is 24.3 Å². The fraction of sp³-hybridized carbons (Fsp3) is 0.300. The molecule has 2 nitrogen and oxygen atoms in total. The number of carbonyl (C=O) groups is 1. The number of hydrogen-bond donors (Lipinski definition) is 1. The molecular formula is C10H12ClNO. The first-order chi connectivity index (χ1) is 6.24. The molecule has 1 amide bonds. The summed E-state index contributed by atoms with van der Waals surface area (Å²) in [6.07, 6.45) is 0. The highest BCUT2D eigenvalue weighted by Crippen LogP contribution is 2.10. The molecule has 0 aromatic heterocycles. The highest BCUT2D eigenvalue weighted by atomic mass is 35.5. The van der Waals surface area contributed by atoms with E-state index in [0.717, 1.165) is 11.1 Å². The number of halogens is 1. The largest absolute Gasteiger partial charge is 0.352 e. The fourth-order valence-electron chi connectivity index (χ4n) is 1.08. The van der Waals surface area contributed by atoms with Crippen LogP contribution < -0.4 is 5.32 Å². The van der Waals surface area contributed by atoms with E-state index in [-0.39, 0.29) is 5.91 Å². The molecule has 0 heterocycles. The molecule has 0 fully saturated rings. The molecular weight excluding hydrogens is 186 g/mol. The van der Waals surface area contributed by atoms with Gasteiger partial charge in [-0.1, -0.05) is 24.3 Å². The molecule has 0 aliphatic rings. The van der Waals surface area contributed by atoms with Gasteiger partial charge in [-0.2, -0.15) is 0 Å². The predicted octanol–water partition coefficient (Wildman–Crippen LogP) is 2.06. The Balaban J connectivity index is 2.69. The second-order valence-electron chi connectivity index (χ2n) is 2.81. The molecule has 0 bridgehead atoms. The monoisotopic (exact) mass is 197 g/mol. The Morgan fingerprint density at radius 2 is 2.00 bits per heavy atom. The lowest BCUT2D eigenvalue weighted by Gasteiger charge is -2.06. The molecule has 0 aliphatic heterocycles. The number of amides is 1. The lowest BCUT2D eigenvalue weighted by molar-refractivity contribution is -0.119. The van der Waals surface area contributed by atoms with E-state index in [1.165, 1.54) is 6.92 Å². The van der Waals surface area contributed by atoms with Crippen LogP contribution in [-0.4, -0.2) is 5.91 Å². The number of rotatable bonds is 3. The van der Waals surface area contributed by atoms with Gasteiger partial charge in [-0.3, -0.25) is 4.79 Å². The highest BCUT2D eigenvalue weighted by molar-refractivity contribution is 6.17. The zero-order chi connectivity index (χ0) is 9.68. The summed E-state index contributed by atoms with van der Waals surface area (Å²) >= 11 is 5.73. The van der Waals surface area contributed by atoms with Crippen LogP contribution in [0.5, 0.6) is 0 Å². The molecule has 3 heteroatoms. The second-order valence-corrected chi connectivity index (χ2v) is 3.08. The summed E-state index contributed by atoms with van der Waals surface area (Å²) in [5, 5.41) is 2.74. The Morgan fingerprint density at radius 3 is 2.54 bits per heavy atom. The van der Waals surface area contributed by atoms with Crippen LogP contribution in [0.4, 0.5) is 0 Å². The van der Waals surface area contributed by atoms with E-state index in [2.05, 4.69) is 5.32 Å². The first kappa shape index (κ1) is 10.1. The number of benzene rings is 1. The number of carbonyl (C=O) groups excluding carboxylic acids is 1. The molecule has 0 saturated heterocycles. The van der Waals surface area contributed by atoms with E-state index in [4.69, 9.17) is 11.6 Å². The van der Waals surface area contributed by atoms with Crippen molar-refractivity contribution >= 4 is 17.5 Å². The van der Waals surface area contributed by atoms with Crippen LogP contribution in [0.1, 0.15) is 18.1 Å². The van der Waals surface area contributed by atoms with Crippen molar-refractivity contribution in [2.45, 2.75) is 19.3 Å². The number of alkyl halides is 1. The first-order valence-electron chi connectivity index (χ1n) is 4.11. The maximum atomic E-state index is 10.7. The van der Waals surface area contributed by atoms with Crippen LogP contribution in [-0.2, 0) is 17.2 Å². The molecule has 1 aromatic rings. The molecule has 0 radical (unpaired) electrons. The van der Waals surface area contributed by atoms with Crippen LogP contribution in [0.2, 0.25) is 0 Å². The van der Waals surface area contributed by atoms with Gasteiger partial charge >= 0.3 is 0 Å². The van der Waals surface area contributed by atoms with E-state index in [1.807, 2.05) is 24.3 Å². The molecule has 70 valence electrons. The van der Waals surface area contributed by atoms with E-state index >= 15 is 0 Å². The van der Waals surface area contributed by atoms with Crippen molar-refractivity contribution in [3.8, 4) is 0 Å². The van der Waals surface area contributed by atoms with E-state index in [1.54, 1.807) is 0 Å². The van der Waals surface area contributed by atoms with Gasteiger partial charge in [0.1, 0.15) is 0 Å². The summed E-state index contributed by atoms with van der Waals surface area (Å²) in [5.41, 5.74) is 2.14. The summed E-state index contributed by atoms with van der Waals surface area (Å²) in [6, 6.07) is 7.81. The maximum Gasteiger partial charge on any atom is 0.217 e. The zero-order valence-corrected chi connectivity index (χ0v) is 8.27. The van der Waals surface area contributed by atoms with Gasteiger partial charge < -0.3 is 5.32 Å². The van der Waals surface area contributed by atoms with Crippen molar-refractivity contribution in [2.75, 3.05) is 0 Å². The molecule has 1 rings (SSSR count). The molecule has 0 saturated carbocycles. The van der Waals surface area contributed by atoms with E-state index in [0.29, 0.717) is 12.4 Å². The van der Waals surface area contributed by atoms with Gasteiger partial charge in [0.2, 0.25) is 5.91 Å². The smallest absolute Gasteiger partial charge is 0.217 e. The molecule has 0 atom stereocenters. The lowest BCUT2D eigenvalue weighted by Crippen LogP contribution is -2.19. The third kappa shape index (κ3) is 3.07. The minimum absolute atomic E-state index is 0.0237. The average molecular weight is 198 g/mol. The SMILES string of the molecule is CC(=O)NCc1ccccc1CCl. The Kier molecular flexibility index (Phi) is 3.77. The Morgan fingerprint density at radius 1 is 1.38 bits per heavy atom. The van der Waals surface area contributed by atoms with Crippen LogP contribution in [0.25, 0.3) is 0 Å². The zero-order valence-electron chi connectivity index (χ0n) is 7.51. The topological polar surface area (TPSA) is 29.1 Å². The first-order valence-corrected chi connectivity index (χ1v) is 4.64. The summed E-state index contributed by atoms with van der Waals surface area (Å²) in [6.45, 7) is 2.06. The Labute approximate surface area is 82.9 Å². The third-order valence-corrected chi connectivity index (χ3v) is 2.08. The Hall–Kier alpha value is -1.02. The lowest BCUT2D eigenvalue weighted by atomic mass is 10.1. The highest BCUT2D eigenvalue weighted by Gasteiger charge is 1.99.